The Hall–Kier alpha value is 0.580. The molecule has 0 aromatic heterocycles. The zero-order chi connectivity index (χ0) is 10.7. The van der Waals surface area contributed by atoms with Crippen LogP contribution in [0.2, 0.25) is 0 Å². The highest BCUT2D eigenvalue weighted by atomic mass is 31.3. The topological polar surface area (TPSA) is 147 Å². The van der Waals surface area contributed by atoms with Gasteiger partial charge in [-0.2, -0.15) is 14.7 Å². The second-order valence-corrected chi connectivity index (χ2v) is 6.07. The first-order valence-electron chi connectivity index (χ1n) is 3.43. The highest BCUT2D eigenvalue weighted by Gasteiger charge is 2.63. The van der Waals surface area contributed by atoms with E-state index in [-0.39, 0.29) is 19.4 Å². The summed E-state index contributed by atoms with van der Waals surface area (Å²) in [6.07, 6.45) is -0.237. The van der Waals surface area contributed by atoms with Gasteiger partial charge in [0.2, 0.25) is 0 Å². The van der Waals surface area contributed by atoms with Crippen LogP contribution < -0.4 is 5.73 Å². The van der Waals surface area contributed by atoms with Crippen molar-refractivity contribution in [2.75, 3.05) is 6.54 Å². The summed E-state index contributed by atoms with van der Waals surface area (Å²) in [5, 5.41) is 6.69. The van der Waals surface area contributed by atoms with Crippen LogP contribution in [0.4, 0.5) is 0 Å². The Balaban J connectivity index is 4.54. The van der Waals surface area contributed by atoms with Crippen molar-refractivity contribution >= 4 is 16.3 Å². The predicted molar refractivity (Wildman–Crippen MR) is 48.2 cm³/mol. The van der Waals surface area contributed by atoms with Gasteiger partial charge in [0.1, 0.15) is 0 Å². The molecule has 13 heavy (non-hydrogen) atoms. The Kier molecular flexibility index (Phi) is 5.10. The minimum absolute atomic E-state index is 0.130. The molecule has 0 heterocycles. The Bertz CT molecular complexity index is 161. The lowest BCUT2D eigenvalue weighted by atomic mass is 10.3. The van der Waals surface area contributed by atoms with Gasteiger partial charge < -0.3 is 20.6 Å². The first kappa shape index (κ1) is 13.6. The molecule has 0 bridgehead atoms. The number of nitrogens with two attached hydrogens (primary N) is 1. The standard InChI is InChI=1S/C4H14NO6P2/c5-3-1-2-4(6,12(7)8)13(9,10)11/h6-11H,1-3,5H2/q+1. The maximum absolute atomic E-state index is 9.33. The van der Waals surface area contributed by atoms with Gasteiger partial charge in [-0.15, -0.1) is 0 Å². The smallest absolute Gasteiger partial charge is 0.345 e. The van der Waals surface area contributed by atoms with E-state index in [0.29, 0.717) is 0 Å². The minimum atomic E-state index is -4.69. The number of aliphatic hydroxyl groups is 1. The van der Waals surface area contributed by atoms with Gasteiger partial charge >= 0.3 is 13.0 Å². The zero-order valence-electron chi connectivity index (χ0n) is 6.78. The molecule has 0 radical (unpaired) electrons. The number of hydrogen-bond donors (Lipinski definition) is 7. The molecule has 1 unspecified atom stereocenters. The van der Waals surface area contributed by atoms with Crippen molar-refractivity contribution in [1.29, 1.82) is 0 Å². The summed E-state index contributed by atoms with van der Waals surface area (Å²) in [7, 11) is -7.74. The minimum Gasteiger partial charge on any atom is -0.345 e. The molecule has 0 aromatic carbocycles. The van der Waals surface area contributed by atoms with Gasteiger partial charge in [-0.3, -0.25) is 0 Å². The second-order valence-electron chi connectivity index (χ2n) is 2.52. The van der Waals surface area contributed by atoms with Gasteiger partial charge in [-0.25, -0.2) is 0 Å². The Morgan fingerprint density at radius 3 is 1.92 bits per heavy atom. The summed E-state index contributed by atoms with van der Waals surface area (Å²) in [4.78, 5) is 43.7. The molecule has 0 aromatic rings. The third kappa shape index (κ3) is 3.32. The normalized spacial score (nSPS) is 17.5. The molecule has 0 amide bonds. The third-order valence-electron chi connectivity index (χ3n) is 1.52. The lowest BCUT2D eigenvalue weighted by Crippen LogP contribution is -2.30. The van der Waals surface area contributed by atoms with E-state index in [2.05, 4.69) is 0 Å². The SMILES string of the molecule is NCCCC(O)(P(O)O)[P+](O)(O)O. The summed E-state index contributed by atoms with van der Waals surface area (Å²) < 4.78 is 0. The van der Waals surface area contributed by atoms with Crippen LogP contribution in [0.15, 0.2) is 0 Å². The van der Waals surface area contributed by atoms with Gasteiger partial charge in [0.15, 0.2) is 0 Å². The van der Waals surface area contributed by atoms with Crippen LogP contribution in [0, 0.1) is 0 Å². The van der Waals surface area contributed by atoms with E-state index < -0.39 is 21.4 Å². The number of rotatable bonds is 5. The van der Waals surface area contributed by atoms with E-state index in [1.54, 1.807) is 0 Å². The molecule has 7 nitrogen and oxygen atoms in total. The molecule has 8 N–H and O–H groups in total. The van der Waals surface area contributed by atoms with E-state index in [1.165, 1.54) is 0 Å². The van der Waals surface area contributed by atoms with Gasteiger partial charge in [0.25, 0.3) is 8.38 Å². The summed E-state index contributed by atoms with van der Waals surface area (Å²) in [6.45, 7) is 0.130. The first-order valence-corrected chi connectivity index (χ1v) is 6.33. The highest BCUT2D eigenvalue weighted by Crippen LogP contribution is 2.70. The fourth-order valence-corrected chi connectivity index (χ4v) is 2.49. The van der Waals surface area contributed by atoms with Crippen molar-refractivity contribution < 1.29 is 29.6 Å². The summed E-state index contributed by atoms with van der Waals surface area (Å²) >= 11 is 0. The molecule has 0 aliphatic rings. The van der Waals surface area contributed by atoms with Crippen molar-refractivity contribution in [3.8, 4) is 0 Å². The van der Waals surface area contributed by atoms with Crippen LogP contribution in [0.1, 0.15) is 12.8 Å². The van der Waals surface area contributed by atoms with Crippen molar-refractivity contribution in [2.24, 2.45) is 5.73 Å². The quantitative estimate of drug-likeness (QED) is 0.283. The van der Waals surface area contributed by atoms with Crippen molar-refractivity contribution in [2.45, 2.75) is 17.9 Å². The molecule has 1 atom stereocenters. The first-order chi connectivity index (χ1) is 5.75. The third-order valence-corrected chi connectivity index (χ3v) is 4.91. The van der Waals surface area contributed by atoms with E-state index >= 15 is 0 Å². The van der Waals surface area contributed by atoms with E-state index in [1.807, 2.05) is 0 Å². The average Bonchev–Trinajstić information content (AvgIpc) is 1.97. The Labute approximate surface area is 77.0 Å². The van der Waals surface area contributed by atoms with E-state index in [9.17, 15) is 5.11 Å². The van der Waals surface area contributed by atoms with Gasteiger partial charge in [-0.05, 0) is 13.0 Å². The summed E-state index contributed by atoms with van der Waals surface area (Å²) in [5.41, 5.74) is 5.08. The molecule has 80 valence electrons. The molecule has 0 rings (SSSR count). The summed E-state index contributed by atoms with van der Waals surface area (Å²) in [5.74, 6) is 0. The largest absolute Gasteiger partial charge is 0.447 e. The Morgan fingerprint density at radius 1 is 1.23 bits per heavy atom. The van der Waals surface area contributed by atoms with Crippen LogP contribution in [0.3, 0.4) is 0 Å². The lowest BCUT2D eigenvalue weighted by Gasteiger charge is -2.26. The molecule has 9 heteroatoms. The van der Waals surface area contributed by atoms with Gasteiger partial charge in [0, 0.05) is 6.42 Å². The molecular formula is C4H14NO6P2+. The maximum Gasteiger partial charge on any atom is 0.447 e. The molecule has 0 fully saturated rings. The van der Waals surface area contributed by atoms with Crippen LogP contribution in [-0.4, -0.2) is 41.2 Å². The van der Waals surface area contributed by atoms with Crippen molar-refractivity contribution in [3.05, 3.63) is 0 Å². The summed E-state index contributed by atoms with van der Waals surface area (Å²) in [6, 6.07) is 0. The van der Waals surface area contributed by atoms with Gasteiger partial charge in [0.05, 0.1) is 0 Å². The van der Waals surface area contributed by atoms with Crippen LogP contribution in [0.5, 0.6) is 0 Å². The molecule has 0 aliphatic heterocycles. The van der Waals surface area contributed by atoms with Crippen LogP contribution in [0.25, 0.3) is 0 Å². The fourth-order valence-electron chi connectivity index (χ4n) is 0.709. The predicted octanol–water partition coefficient (Wildman–Crippen LogP) is -1.59. The van der Waals surface area contributed by atoms with E-state index in [0.717, 1.165) is 0 Å². The zero-order valence-corrected chi connectivity index (χ0v) is 8.57. The Morgan fingerprint density at radius 2 is 1.69 bits per heavy atom. The molecular weight excluding hydrogens is 220 g/mol. The molecule has 0 saturated heterocycles. The average molecular weight is 234 g/mol. The fraction of sp³-hybridized carbons (Fsp3) is 1.00. The second kappa shape index (κ2) is 4.89. The van der Waals surface area contributed by atoms with Crippen molar-refractivity contribution in [3.63, 3.8) is 0 Å². The molecule has 0 spiro atoms. The molecule has 0 aliphatic carbocycles. The molecule has 0 saturated carbocycles. The van der Waals surface area contributed by atoms with Crippen molar-refractivity contribution in [1.82, 2.24) is 0 Å². The lowest BCUT2D eigenvalue weighted by molar-refractivity contribution is 0.122. The maximum atomic E-state index is 9.33. The van der Waals surface area contributed by atoms with E-state index in [4.69, 9.17) is 30.2 Å². The monoisotopic (exact) mass is 234 g/mol. The van der Waals surface area contributed by atoms with Crippen LogP contribution >= 0.6 is 16.3 Å². The van der Waals surface area contributed by atoms with Gasteiger partial charge in [-0.1, -0.05) is 0 Å². The van der Waals surface area contributed by atoms with Crippen LogP contribution in [-0.2, 0) is 0 Å². The highest BCUT2D eigenvalue weighted by molar-refractivity contribution is 7.73. The number of hydrogen-bond acceptors (Lipinski definition) is 7.